The molecule has 0 aliphatic carbocycles. The van der Waals surface area contributed by atoms with E-state index in [0.717, 1.165) is 10.0 Å². The van der Waals surface area contributed by atoms with Crippen molar-refractivity contribution in [2.45, 2.75) is 32.7 Å². The molecule has 0 aliphatic rings. The summed E-state index contributed by atoms with van der Waals surface area (Å²) in [7, 11) is -1.63. The zero-order valence-electron chi connectivity index (χ0n) is 10.9. The van der Waals surface area contributed by atoms with Crippen LogP contribution < -0.4 is 0 Å². The van der Waals surface area contributed by atoms with Gasteiger partial charge in [-0.2, -0.15) is 0 Å². The fourth-order valence-electron chi connectivity index (χ4n) is 1.67. The molecule has 0 aromatic heterocycles. The maximum Gasteiger partial charge on any atom is 0.184 e. The summed E-state index contributed by atoms with van der Waals surface area (Å²) in [6, 6.07) is 8.13. The van der Waals surface area contributed by atoms with Crippen molar-refractivity contribution in [2.75, 3.05) is 6.61 Å². The maximum absolute atomic E-state index is 9.36. The molecule has 0 fully saturated rings. The molecular formula is C13H21BrO2Si. The molecule has 2 atom stereocenters. The van der Waals surface area contributed by atoms with Crippen LogP contribution >= 0.6 is 15.9 Å². The number of aliphatic hydroxyl groups is 1. The van der Waals surface area contributed by atoms with Crippen LogP contribution in [0.25, 0.3) is 0 Å². The van der Waals surface area contributed by atoms with E-state index in [4.69, 9.17) is 4.43 Å². The highest BCUT2D eigenvalue weighted by Gasteiger charge is 2.26. The summed E-state index contributed by atoms with van der Waals surface area (Å²) in [4.78, 5) is 0. The van der Waals surface area contributed by atoms with Crippen LogP contribution in [0, 0.1) is 5.92 Å². The zero-order chi connectivity index (χ0) is 13.1. The first-order valence-electron chi connectivity index (χ1n) is 5.87. The molecule has 0 amide bonds. The van der Waals surface area contributed by atoms with E-state index in [1.165, 1.54) is 0 Å². The Labute approximate surface area is 113 Å². The molecule has 1 unspecified atom stereocenters. The summed E-state index contributed by atoms with van der Waals surface area (Å²) in [5.74, 6) is 0.107. The second-order valence-electron chi connectivity index (χ2n) is 5.37. The Bertz CT molecular complexity index is 363. The van der Waals surface area contributed by atoms with E-state index in [9.17, 15) is 5.11 Å². The highest BCUT2D eigenvalue weighted by Crippen LogP contribution is 2.30. The average Bonchev–Trinajstić information content (AvgIpc) is 2.23. The Morgan fingerprint density at radius 1 is 1.35 bits per heavy atom. The molecule has 0 heterocycles. The summed E-state index contributed by atoms with van der Waals surface area (Å²) in [5.41, 5.74) is 1.13. The predicted molar refractivity (Wildman–Crippen MR) is 77.6 cm³/mol. The fourth-order valence-corrected chi connectivity index (χ4v) is 3.22. The van der Waals surface area contributed by atoms with Gasteiger partial charge in [-0.3, -0.25) is 0 Å². The topological polar surface area (TPSA) is 29.5 Å². The van der Waals surface area contributed by atoms with Crippen molar-refractivity contribution in [3.8, 4) is 0 Å². The van der Waals surface area contributed by atoms with Gasteiger partial charge in [-0.25, -0.2) is 0 Å². The molecular weight excluding hydrogens is 296 g/mol. The summed E-state index contributed by atoms with van der Waals surface area (Å²) in [5, 5.41) is 9.36. The summed E-state index contributed by atoms with van der Waals surface area (Å²) >= 11 is 3.47. The predicted octanol–water partition coefficient (Wildman–Crippen LogP) is 3.97. The van der Waals surface area contributed by atoms with Gasteiger partial charge in [0.15, 0.2) is 8.32 Å². The number of halogens is 1. The van der Waals surface area contributed by atoms with Gasteiger partial charge < -0.3 is 9.53 Å². The molecule has 1 aromatic carbocycles. The van der Waals surface area contributed by atoms with E-state index in [0.29, 0.717) is 0 Å². The van der Waals surface area contributed by atoms with Crippen molar-refractivity contribution < 1.29 is 9.53 Å². The molecule has 0 radical (unpaired) electrons. The molecule has 96 valence electrons. The lowest BCUT2D eigenvalue weighted by Crippen LogP contribution is -2.31. The van der Waals surface area contributed by atoms with Gasteiger partial charge in [0.25, 0.3) is 0 Å². The Hall–Kier alpha value is -0.163. The van der Waals surface area contributed by atoms with E-state index in [-0.39, 0.29) is 18.6 Å². The molecule has 2 nitrogen and oxygen atoms in total. The second-order valence-corrected chi connectivity index (χ2v) is 10.7. The molecule has 4 heteroatoms. The summed E-state index contributed by atoms with van der Waals surface area (Å²) in [6.45, 7) is 8.67. The van der Waals surface area contributed by atoms with Gasteiger partial charge in [-0.15, -0.1) is 0 Å². The Kier molecular flexibility index (Phi) is 5.38. The van der Waals surface area contributed by atoms with E-state index < -0.39 is 8.32 Å². The van der Waals surface area contributed by atoms with E-state index in [1.54, 1.807) is 0 Å². The third-order valence-corrected chi connectivity index (χ3v) is 3.92. The molecule has 1 N–H and O–H groups in total. The van der Waals surface area contributed by atoms with Gasteiger partial charge in [0.2, 0.25) is 0 Å². The van der Waals surface area contributed by atoms with Gasteiger partial charge in [0.1, 0.15) is 0 Å². The average molecular weight is 317 g/mol. The minimum Gasteiger partial charge on any atom is -0.410 e. The van der Waals surface area contributed by atoms with Crippen LogP contribution in [0.2, 0.25) is 19.6 Å². The molecule has 1 aromatic rings. The molecule has 0 bridgehead atoms. The van der Waals surface area contributed by atoms with Crippen molar-refractivity contribution in [1.29, 1.82) is 0 Å². The summed E-state index contributed by atoms with van der Waals surface area (Å²) in [6.07, 6.45) is -0.0239. The Morgan fingerprint density at radius 2 is 2.00 bits per heavy atom. The maximum atomic E-state index is 9.36. The number of aliphatic hydroxyl groups excluding tert-OH is 1. The van der Waals surface area contributed by atoms with Crippen LogP contribution in [0.3, 0.4) is 0 Å². The first kappa shape index (κ1) is 14.9. The zero-order valence-corrected chi connectivity index (χ0v) is 13.5. The normalized spacial score (nSPS) is 15.6. The Morgan fingerprint density at radius 3 is 2.47 bits per heavy atom. The quantitative estimate of drug-likeness (QED) is 0.833. The van der Waals surface area contributed by atoms with Crippen LogP contribution in [-0.4, -0.2) is 20.0 Å². The van der Waals surface area contributed by atoms with Crippen molar-refractivity contribution in [1.82, 2.24) is 0 Å². The van der Waals surface area contributed by atoms with Gasteiger partial charge in [-0.05, 0) is 37.3 Å². The van der Waals surface area contributed by atoms with Crippen LogP contribution in [0.5, 0.6) is 0 Å². The van der Waals surface area contributed by atoms with Crippen molar-refractivity contribution in [2.24, 2.45) is 5.92 Å². The molecule has 0 saturated carbocycles. The molecule has 17 heavy (non-hydrogen) atoms. The van der Waals surface area contributed by atoms with Gasteiger partial charge in [-0.1, -0.05) is 35.0 Å². The largest absolute Gasteiger partial charge is 0.410 e. The molecule has 1 rings (SSSR count). The fraction of sp³-hybridized carbons (Fsp3) is 0.538. The van der Waals surface area contributed by atoms with E-state index >= 15 is 0 Å². The highest BCUT2D eigenvalue weighted by molar-refractivity contribution is 9.10. The number of hydrogen-bond donors (Lipinski definition) is 1. The van der Waals surface area contributed by atoms with Gasteiger partial charge in [0.05, 0.1) is 6.10 Å². The number of benzene rings is 1. The first-order valence-corrected chi connectivity index (χ1v) is 10.1. The minimum absolute atomic E-state index is 0.0239. The first-order chi connectivity index (χ1) is 7.83. The third kappa shape index (κ3) is 4.92. The van der Waals surface area contributed by atoms with Crippen LogP contribution in [0.4, 0.5) is 0 Å². The highest BCUT2D eigenvalue weighted by atomic mass is 79.9. The third-order valence-electron chi connectivity index (χ3n) is 2.46. The molecule has 0 saturated heterocycles. The van der Waals surface area contributed by atoms with E-state index in [1.807, 2.05) is 19.1 Å². The number of rotatable bonds is 5. The van der Waals surface area contributed by atoms with Gasteiger partial charge in [0, 0.05) is 17.0 Å². The van der Waals surface area contributed by atoms with Crippen LogP contribution in [0.1, 0.15) is 18.6 Å². The lowest BCUT2D eigenvalue weighted by atomic mass is 9.98. The molecule has 0 spiro atoms. The smallest absolute Gasteiger partial charge is 0.184 e. The monoisotopic (exact) mass is 316 g/mol. The standard InChI is InChI=1S/C13H21BrO2Si/c1-10(9-15)13(16-17(2,3)4)11-6-5-7-12(14)8-11/h5-8,10,13,15H,9H2,1-4H3/t10-,13?/m0/s1. The lowest BCUT2D eigenvalue weighted by molar-refractivity contribution is 0.0912. The lowest BCUT2D eigenvalue weighted by Gasteiger charge is -2.30. The Balaban J connectivity index is 2.98. The SMILES string of the molecule is C[C@@H](CO)C(O[Si](C)(C)C)c1cccc(Br)c1. The van der Waals surface area contributed by atoms with Gasteiger partial charge >= 0.3 is 0 Å². The second kappa shape index (κ2) is 6.14. The van der Waals surface area contributed by atoms with Crippen molar-refractivity contribution in [3.63, 3.8) is 0 Å². The van der Waals surface area contributed by atoms with Crippen LogP contribution in [-0.2, 0) is 4.43 Å². The minimum atomic E-state index is -1.63. The summed E-state index contributed by atoms with van der Waals surface area (Å²) < 4.78 is 7.24. The van der Waals surface area contributed by atoms with Crippen molar-refractivity contribution >= 4 is 24.2 Å². The molecule has 0 aliphatic heterocycles. The van der Waals surface area contributed by atoms with Crippen LogP contribution in [0.15, 0.2) is 28.7 Å². The van der Waals surface area contributed by atoms with E-state index in [2.05, 4.69) is 47.7 Å². The number of hydrogen-bond acceptors (Lipinski definition) is 2. The van der Waals surface area contributed by atoms with Crippen molar-refractivity contribution in [3.05, 3.63) is 34.3 Å².